The van der Waals surface area contributed by atoms with Crippen molar-refractivity contribution in [3.8, 4) is 6.01 Å². The Morgan fingerprint density at radius 3 is 2.92 bits per heavy atom. The molecule has 66 valence electrons. The quantitative estimate of drug-likeness (QED) is 0.629. The number of carbonyl (C=O) groups is 1. The summed E-state index contributed by atoms with van der Waals surface area (Å²) in [6.45, 7) is 1.78. The molecule has 0 amide bonds. The first kappa shape index (κ1) is 7.91. The van der Waals surface area contributed by atoms with Crippen LogP contribution in [-0.2, 0) is 11.2 Å². The molecule has 1 aromatic rings. The molecule has 0 spiro atoms. The van der Waals surface area contributed by atoms with Crippen LogP contribution in [-0.4, -0.2) is 20.9 Å². The first-order valence-corrected chi connectivity index (χ1v) is 3.94. The van der Waals surface area contributed by atoms with Crippen molar-refractivity contribution < 1.29 is 9.90 Å². The number of allylic oxidation sites excluding steroid dienone is 1. The van der Waals surface area contributed by atoms with Gasteiger partial charge in [0.2, 0.25) is 0 Å². The van der Waals surface area contributed by atoms with Crippen molar-refractivity contribution in [2.75, 3.05) is 0 Å². The average Bonchev–Trinajstić information content (AvgIpc) is 2.02. The second-order valence-corrected chi connectivity index (χ2v) is 2.95. The zero-order valence-electron chi connectivity index (χ0n) is 7.11. The average molecular weight is 176 g/mol. The number of carbonyl (C=O) groups excluding carboxylic acids is 1. The van der Waals surface area contributed by atoms with Gasteiger partial charge in [0, 0.05) is 5.56 Å². The second-order valence-electron chi connectivity index (χ2n) is 2.95. The van der Waals surface area contributed by atoms with E-state index in [1.807, 2.05) is 0 Å². The summed E-state index contributed by atoms with van der Waals surface area (Å²) < 4.78 is 0. The molecular formula is C9H8N2O2. The number of fused-ring (bicyclic) bond motifs is 1. The van der Waals surface area contributed by atoms with Crippen molar-refractivity contribution in [1.82, 2.24) is 9.97 Å². The lowest BCUT2D eigenvalue weighted by atomic mass is 10.0. The Morgan fingerprint density at radius 2 is 2.15 bits per heavy atom. The van der Waals surface area contributed by atoms with Crippen LogP contribution in [0.2, 0.25) is 0 Å². The van der Waals surface area contributed by atoms with E-state index in [-0.39, 0.29) is 18.2 Å². The van der Waals surface area contributed by atoms with Gasteiger partial charge in [0.05, 0.1) is 17.8 Å². The number of aromatic nitrogens is 2. The van der Waals surface area contributed by atoms with Gasteiger partial charge in [0.25, 0.3) is 0 Å². The van der Waals surface area contributed by atoms with E-state index in [1.165, 1.54) is 6.08 Å². The minimum absolute atomic E-state index is 0.00463. The van der Waals surface area contributed by atoms with Gasteiger partial charge in [-0.05, 0) is 19.1 Å². The first-order valence-electron chi connectivity index (χ1n) is 3.94. The van der Waals surface area contributed by atoms with E-state index >= 15 is 0 Å². The van der Waals surface area contributed by atoms with E-state index in [9.17, 15) is 4.79 Å². The third-order valence-electron chi connectivity index (χ3n) is 1.98. The minimum Gasteiger partial charge on any atom is -0.479 e. The maximum absolute atomic E-state index is 11.0. The van der Waals surface area contributed by atoms with Gasteiger partial charge in [-0.1, -0.05) is 0 Å². The summed E-state index contributed by atoms with van der Waals surface area (Å²) in [4.78, 5) is 18.6. The monoisotopic (exact) mass is 176 g/mol. The number of nitrogens with zero attached hydrogens (tertiary/aromatic N) is 2. The molecule has 2 rings (SSSR count). The largest absolute Gasteiger partial charge is 0.479 e. The Labute approximate surface area is 75.0 Å². The second kappa shape index (κ2) is 2.65. The normalized spacial score (nSPS) is 14.4. The van der Waals surface area contributed by atoms with Gasteiger partial charge in [0.1, 0.15) is 0 Å². The third-order valence-corrected chi connectivity index (χ3v) is 1.98. The fourth-order valence-electron chi connectivity index (χ4n) is 1.38. The lowest BCUT2D eigenvalue weighted by Crippen LogP contribution is -2.09. The van der Waals surface area contributed by atoms with Crippen molar-refractivity contribution in [2.24, 2.45) is 0 Å². The van der Waals surface area contributed by atoms with Crippen molar-refractivity contribution in [3.63, 3.8) is 0 Å². The van der Waals surface area contributed by atoms with Crippen LogP contribution >= 0.6 is 0 Å². The van der Waals surface area contributed by atoms with Gasteiger partial charge in [-0.25, -0.2) is 4.98 Å². The van der Waals surface area contributed by atoms with Crippen molar-refractivity contribution in [1.29, 1.82) is 0 Å². The molecule has 0 unspecified atom stereocenters. The molecule has 0 fully saturated rings. The molecule has 0 aromatic carbocycles. The molecule has 1 aliphatic rings. The van der Waals surface area contributed by atoms with Crippen LogP contribution in [0.4, 0.5) is 0 Å². The highest BCUT2D eigenvalue weighted by Crippen LogP contribution is 2.19. The van der Waals surface area contributed by atoms with E-state index in [2.05, 4.69) is 9.97 Å². The van der Waals surface area contributed by atoms with Gasteiger partial charge in [-0.3, -0.25) is 4.79 Å². The Morgan fingerprint density at radius 1 is 1.38 bits per heavy atom. The minimum atomic E-state index is -0.264. The summed E-state index contributed by atoms with van der Waals surface area (Å²) in [6, 6.07) is -0.264. The summed E-state index contributed by atoms with van der Waals surface area (Å²) in [7, 11) is 0. The van der Waals surface area contributed by atoms with Crippen molar-refractivity contribution in [2.45, 2.75) is 13.3 Å². The number of aryl methyl sites for hydroxylation is 1. The summed E-state index contributed by atoms with van der Waals surface area (Å²) in [6.07, 6.45) is 3.45. The van der Waals surface area contributed by atoms with Crippen molar-refractivity contribution in [3.05, 3.63) is 23.0 Å². The summed E-state index contributed by atoms with van der Waals surface area (Å²) in [5.74, 6) is 0.00463. The smallest absolute Gasteiger partial charge is 0.314 e. The van der Waals surface area contributed by atoms with Gasteiger partial charge in [-0.2, -0.15) is 4.98 Å². The van der Waals surface area contributed by atoms with Crippen LogP contribution in [0.25, 0.3) is 6.08 Å². The van der Waals surface area contributed by atoms with Crippen LogP contribution in [0.1, 0.15) is 17.0 Å². The van der Waals surface area contributed by atoms with Gasteiger partial charge in [0.15, 0.2) is 5.78 Å². The molecule has 4 nitrogen and oxygen atoms in total. The fourth-order valence-corrected chi connectivity index (χ4v) is 1.38. The van der Waals surface area contributed by atoms with Crippen LogP contribution in [0, 0.1) is 6.92 Å². The Balaban J connectivity index is 2.62. The van der Waals surface area contributed by atoms with Gasteiger partial charge in [-0.15, -0.1) is 0 Å². The molecule has 0 saturated carbocycles. The maximum atomic E-state index is 11.0. The molecule has 13 heavy (non-hydrogen) atoms. The Hall–Kier alpha value is -1.71. The summed E-state index contributed by atoms with van der Waals surface area (Å²) in [5, 5.41) is 9.10. The Bertz CT molecular complexity index is 410. The standard InChI is InChI=1S/C9H8N2O2/c1-5-7-3-2-6(12)4-8(7)11-9(13)10-5/h2-3H,4H2,1H3,(H,10,11,13). The van der Waals surface area contributed by atoms with Gasteiger partial charge >= 0.3 is 6.01 Å². The molecule has 1 aromatic heterocycles. The lowest BCUT2D eigenvalue weighted by Gasteiger charge is -2.10. The van der Waals surface area contributed by atoms with Gasteiger partial charge < -0.3 is 5.11 Å². The predicted molar refractivity (Wildman–Crippen MR) is 46.2 cm³/mol. The molecule has 1 aliphatic carbocycles. The molecule has 4 heteroatoms. The highest BCUT2D eigenvalue weighted by atomic mass is 16.3. The molecule has 1 heterocycles. The third kappa shape index (κ3) is 1.30. The van der Waals surface area contributed by atoms with Crippen LogP contribution in [0.3, 0.4) is 0 Å². The number of hydrogen-bond acceptors (Lipinski definition) is 4. The molecule has 0 aliphatic heterocycles. The van der Waals surface area contributed by atoms with E-state index in [1.54, 1.807) is 13.0 Å². The molecule has 0 bridgehead atoms. The fraction of sp³-hybridized carbons (Fsp3) is 0.222. The zero-order valence-corrected chi connectivity index (χ0v) is 7.11. The topological polar surface area (TPSA) is 63.1 Å². The molecule has 0 radical (unpaired) electrons. The highest BCUT2D eigenvalue weighted by Gasteiger charge is 2.15. The lowest BCUT2D eigenvalue weighted by molar-refractivity contribution is -0.114. The zero-order chi connectivity index (χ0) is 9.42. The van der Waals surface area contributed by atoms with E-state index in [0.717, 1.165) is 5.56 Å². The summed E-state index contributed by atoms with van der Waals surface area (Å²) in [5.41, 5.74) is 2.15. The first-order chi connectivity index (χ1) is 6.16. The van der Waals surface area contributed by atoms with Crippen LogP contribution in [0.5, 0.6) is 6.01 Å². The molecule has 1 N–H and O–H groups in total. The summed E-state index contributed by atoms with van der Waals surface area (Å²) >= 11 is 0. The van der Waals surface area contributed by atoms with E-state index < -0.39 is 0 Å². The van der Waals surface area contributed by atoms with Crippen LogP contribution in [0.15, 0.2) is 6.08 Å². The van der Waals surface area contributed by atoms with E-state index in [0.29, 0.717) is 11.4 Å². The van der Waals surface area contributed by atoms with Crippen molar-refractivity contribution >= 4 is 11.9 Å². The van der Waals surface area contributed by atoms with E-state index in [4.69, 9.17) is 5.11 Å². The molecular weight excluding hydrogens is 168 g/mol. The predicted octanol–water partition coefficient (Wildman–Crippen LogP) is 0.629. The molecule has 0 saturated heterocycles. The Kier molecular flexibility index (Phi) is 1.62. The highest BCUT2D eigenvalue weighted by molar-refractivity contribution is 5.98. The SMILES string of the molecule is Cc1nc(O)nc2c1C=CC(=O)C2. The number of aromatic hydroxyl groups is 1. The molecule has 0 atom stereocenters. The van der Waals surface area contributed by atoms with Crippen LogP contribution < -0.4 is 0 Å². The maximum Gasteiger partial charge on any atom is 0.314 e. The number of ketones is 1. The number of rotatable bonds is 0. The number of hydrogen-bond donors (Lipinski definition) is 1.